The van der Waals surface area contributed by atoms with Crippen LogP contribution in [0.2, 0.25) is 0 Å². The van der Waals surface area contributed by atoms with Crippen LogP contribution in [0.5, 0.6) is 0 Å². The molecule has 0 saturated heterocycles. The quantitative estimate of drug-likeness (QED) is 0.439. The number of ether oxygens (including phenoxy) is 1. The van der Waals surface area contributed by atoms with E-state index >= 15 is 0 Å². The summed E-state index contributed by atoms with van der Waals surface area (Å²) in [6.07, 6.45) is 4.21. The maximum absolute atomic E-state index is 12.8. The van der Waals surface area contributed by atoms with Gasteiger partial charge in [-0.3, -0.25) is 9.59 Å². The van der Waals surface area contributed by atoms with E-state index in [1.807, 2.05) is 24.3 Å². The van der Waals surface area contributed by atoms with Crippen LogP contribution < -0.4 is 10.6 Å². The second-order valence-electron chi connectivity index (χ2n) is 9.27. The SMILES string of the molecule is C=CCCC(NC(=O)OCC1c2ccccc2-c2ccccc21)C(=O)NC[C@H]1CCC[C@H]1C(=O)O. The van der Waals surface area contributed by atoms with E-state index in [-0.39, 0.29) is 30.9 Å². The number of rotatable bonds is 10. The van der Waals surface area contributed by atoms with Crippen LogP contribution in [-0.2, 0) is 14.3 Å². The van der Waals surface area contributed by atoms with Crippen molar-refractivity contribution in [2.24, 2.45) is 11.8 Å². The first-order valence-corrected chi connectivity index (χ1v) is 12.2. The molecule has 2 amide bonds. The van der Waals surface area contributed by atoms with Crippen molar-refractivity contribution in [3.8, 4) is 11.1 Å². The summed E-state index contributed by atoms with van der Waals surface area (Å²) < 4.78 is 5.59. The predicted molar refractivity (Wildman–Crippen MR) is 133 cm³/mol. The minimum atomic E-state index is -0.818. The van der Waals surface area contributed by atoms with Gasteiger partial charge in [0, 0.05) is 12.5 Å². The normalized spacial score (nSPS) is 19.3. The van der Waals surface area contributed by atoms with Crippen LogP contribution in [0.25, 0.3) is 11.1 Å². The molecule has 0 aliphatic heterocycles. The van der Waals surface area contributed by atoms with Crippen molar-refractivity contribution in [2.75, 3.05) is 13.2 Å². The molecule has 35 heavy (non-hydrogen) atoms. The molecule has 0 heterocycles. The monoisotopic (exact) mass is 476 g/mol. The van der Waals surface area contributed by atoms with Gasteiger partial charge in [0.05, 0.1) is 5.92 Å². The summed E-state index contributed by atoms with van der Waals surface area (Å²) in [5, 5.41) is 14.9. The Morgan fingerprint density at radius 3 is 2.34 bits per heavy atom. The zero-order valence-corrected chi connectivity index (χ0v) is 19.7. The number of nitrogens with one attached hydrogen (secondary N) is 2. The molecule has 1 fully saturated rings. The maximum Gasteiger partial charge on any atom is 0.407 e. The van der Waals surface area contributed by atoms with Crippen molar-refractivity contribution >= 4 is 18.0 Å². The van der Waals surface area contributed by atoms with Gasteiger partial charge in [-0.15, -0.1) is 6.58 Å². The predicted octanol–water partition coefficient (Wildman–Crippen LogP) is 4.48. The summed E-state index contributed by atoms with van der Waals surface area (Å²) in [4.78, 5) is 36.9. The number of aliphatic carboxylic acids is 1. The number of carbonyl (C=O) groups is 3. The number of carbonyl (C=O) groups excluding carboxylic acids is 2. The molecule has 7 heteroatoms. The van der Waals surface area contributed by atoms with Gasteiger partial charge in [-0.25, -0.2) is 4.79 Å². The molecule has 2 aromatic rings. The number of benzene rings is 2. The molecule has 0 spiro atoms. The third kappa shape index (κ3) is 5.56. The van der Waals surface area contributed by atoms with E-state index in [1.165, 1.54) is 0 Å². The van der Waals surface area contributed by atoms with Gasteiger partial charge in [0.1, 0.15) is 12.6 Å². The fourth-order valence-electron chi connectivity index (χ4n) is 5.30. The molecule has 1 unspecified atom stereocenters. The molecule has 3 N–H and O–H groups in total. The highest BCUT2D eigenvalue weighted by molar-refractivity contribution is 5.86. The van der Waals surface area contributed by atoms with Crippen molar-refractivity contribution < 1.29 is 24.2 Å². The zero-order valence-electron chi connectivity index (χ0n) is 19.7. The smallest absolute Gasteiger partial charge is 0.407 e. The molecule has 2 aromatic carbocycles. The van der Waals surface area contributed by atoms with E-state index in [1.54, 1.807) is 6.08 Å². The van der Waals surface area contributed by atoms with Gasteiger partial charge in [0.15, 0.2) is 0 Å². The van der Waals surface area contributed by atoms with Gasteiger partial charge in [0.25, 0.3) is 0 Å². The summed E-state index contributed by atoms with van der Waals surface area (Å²) in [5.41, 5.74) is 4.53. The third-order valence-electron chi connectivity index (χ3n) is 7.13. The number of hydrogen-bond acceptors (Lipinski definition) is 4. The largest absolute Gasteiger partial charge is 0.481 e. The second kappa shape index (κ2) is 11.2. The van der Waals surface area contributed by atoms with Crippen molar-refractivity contribution in [3.05, 3.63) is 72.3 Å². The van der Waals surface area contributed by atoms with Crippen LogP contribution in [0.1, 0.15) is 49.1 Å². The summed E-state index contributed by atoms with van der Waals surface area (Å²) in [7, 11) is 0. The lowest BCUT2D eigenvalue weighted by Gasteiger charge is -2.21. The highest BCUT2D eigenvalue weighted by Crippen LogP contribution is 2.44. The number of carboxylic acids is 1. The molecular formula is C28H32N2O5. The van der Waals surface area contributed by atoms with E-state index in [4.69, 9.17) is 4.74 Å². The van der Waals surface area contributed by atoms with Crippen molar-refractivity contribution in [1.29, 1.82) is 0 Å². The van der Waals surface area contributed by atoms with E-state index < -0.39 is 24.0 Å². The van der Waals surface area contributed by atoms with Gasteiger partial charge >= 0.3 is 12.1 Å². The molecule has 2 aliphatic rings. The van der Waals surface area contributed by atoms with Gasteiger partial charge in [0.2, 0.25) is 5.91 Å². The summed E-state index contributed by atoms with van der Waals surface area (Å²) in [6.45, 7) is 4.15. The molecule has 0 aromatic heterocycles. The van der Waals surface area contributed by atoms with Crippen molar-refractivity contribution in [2.45, 2.75) is 44.1 Å². The molecule has 0 bridgehead atoms. The summed E-state index contributed by atoms with van der Waals surface area (Å²) in [6, 6.07) is 15.4. The van der Waals surface area contributed by atoms with Gasteiger partial charge in [-0.2, -0.15) is 0 Å². The Morgan fingerprint density at radius 1 is 1.06 bits per heavy atom. The first-order valence-electron chi connectivity index (χ1n) is 12.2. The standard InChI is InChI=1S/C28H32N2O5/c1-2-3-15-25(26(31)29-16-18-9-8-14-19(18)27(32)33)30-28(34)35-17-24-22-12-6-4-10-20(22)21-11-5-7-13-23(21)24/h2,4-7,10-13,18-19,24-25H,1,3,8-9,14-17H2,(H,29,31)(H,30,34)(H,32,33)/t18-,19-,25?/m1/s1. The maximum atomic E-state index is 12.8. The zero-order chi connectivity index (χ0) is 24.8. The highest BCUT2D eigenvalue weighted by Gasteiger charge is 2.34. The van der Waals surface area contributed by atoms with Crippen LogP contribution in [0.15, 0.2) is 61.2 Å². The van der Waals surface area contributed by atoms with Gasteiger partial charge in [-0.1, -0.05) is 61.0 Å². The average molecular weight is 477 g/mol. The lowest BCUT2D eigenvalue weighted by molar-refractivity contribution is -0.143. The van der Waals surface area contributed by atoms with Crippen LogP contribution in [-0.4, -0.2) is 42.3 Å². The van der Waals surface area contributed by atoms with E-state index in [0.29, 0.717) is 19.3 Å². The number of fused-ring (bicyclic) bond motifs is 3. The molecule has 2 aliphatic carbocycles. The summed E-state index contributed by atoms with van der Waals surface area (Å²) >= 11 is 0. The topological polar surface area (TPSA) is 105 Å². The van der Waals surface area contributed by atoms with Gasteiger partial charge in [-0.05, 0) is 53.9 Å². The Morgan fingerprint density at radius 2 is 1.71 bits per heavy atom. The Labute approximate surface area is 205 Å². The van der Waals surface area contributed by atoms with Crippen LogP contribution in [0.4, 0.5) is 4.79 Å². The number of carboxylic acid groups (broad SMARTS) is 1. The molecule has 1 saturated carbocycles. The molecule has 0 radical (unpaired) electrons. The first-order chi connectivity index (χ1) is 17.0. The molecule has 3 atom stereocenters. The fraction of sp³-hybridized carbons (Fsp3) is 0.393. The Kier molecular flexibility index (Phi) is 7.85. The lowest BCUT2D eigenvalue weighted by atomic mass is 9.96. The lowest BCUT2D eigenvalue weighted by Crippen LogP contribution is -2.48. The van der Waals surface area contributed by atoms with Crippen LogP contribution >= 0.6 is 0 Å². The summed E-state index contributed by atoms with van der Waals surface area (Å²) in [5.74, 6) is -1.75. The van der Waals surface area contributed by atoms with E-state index in [2.05, 4.69) is 41.5 Å². The number of hydrogen-bond donors (Lipinski definition) is 3. The Bertz CT molecular complexity index is 1050. The fourth-order valence-corrected chi connectivity index (χ4v) is 5.30. The minimum Gasteiger partial charge on any atom is -0.481 e. The number of allylic oxidation sites excluding steroid dienone is 1. The van der Waals surface area contributed by atoms with Crippen LogP contribution in [0.3, 0.4) is 0 Å². The first kappa shape index (κ1) is 24.5. The molecule has 7 nitrogen and oxygen atoms in total. The second-order valence-corrected chi connectivity index (χ2v) is 9.27. The molecule has 4 rings (SSSR count). The minimum absolute atomic E-state index is 0.0658. The molecular weight excluding hydrogens is 444 g/mol. The van der Waals surface area contributed by atoms with Crippen LogP contribution in [0, 0.1) is 11.8 Å². The average Bonchev–Trinajstić information content (AvgIpc) is 3.47. The van der Waals surface area contributed by atoms with Crippen molar-refractivity contribution in [1.82, 2.24) is 10.6 Å². The van der Waals surface area contributed by atoms with E-state index in [9.17, 15) is 19.5 Å². The van der Waals surface area contributed by atoms with Crippen molar-refractivity contribution in [3.63, 3.8) is 0 Å². The number of alkyl carbamates (subject to hydrolysis) is 1. The number of amides is 2. The van der Waals surface area contributed by atoms with Gasteiger partial charge < -0.3 is 20.5 Å². The van der Waals surface area contributed by atoms with E-state index in [0.717, 1.165) is 35.1 Å². The Hall–Kier alpha value is -3.61. The third-order valence-corrected chi connectivity index (χ3v) is 7.13. The Balaban J connectivity index is 1.35. The molecule has 184 valence electrons. The highest BCUT2D eigenvalue weighted by atomic mass is 16.5.